The summed E-state index contributed by atoms with van der Waals surface area (Å²) in [4.78, 5) is 12.0. The Hall–Kier alpha value is -1.05. The summed E-state index contributed by atoms with van der Waals surface area (Å²) in [5.74, 6) is 5.97. The van der Waals surface area contributed by atoms with E-state index in [2.05, 4.69) is 26.8 Å². The monoisotopic (exact) mass is 240 g/mol. The first kappa shape index (κ1) is 16.0. The van der Waals surface area contributed by atoms with Crippen molar-refractivity contribution in [3.8, 4) is 11.8 Å². The Morgan fingerprint density at radius 3 is 2.29 bits per heavy atom. The molecular weight excluding hydrogens is 216 g/mol. The second-order valence-electron chi connectivity index (χ2n) is 4.78. The summed E-state index contributed by atoms with van der Waals surface area (Å²) in [6, 6.07) is 0. The van der Waals surface area contributed by atoms with Crippen molar-refractivity contribution in [2.45, 2.75) is 33.3 Å². The number of carbonyl (C=O) groups is 1. The third-order valence-corrected chi connectivity index (χ3v) is 2.09. The number of rotatable bonds is 2. The lowest BCUT2D eigenvalue weighted by Gasteiger charge is -2.24. The lowest BCUT2D eigenvalue weighted by atomic mass is 10.2. The van der Waals surface area contributed by atoms with Crippen LogP contribution in [0.1, 0.15) is 27.7 Å². The molecule has 0 aromatic heterocycles. The molecule has 0 radical (unpaired) electrons. The van der Waals surface area contributed by atoms with E-state index in [1.807, 2.05) is 27.7 Å². The highest BCUT2D eigenvalue weighted by Gasteiger charge is 2.07. The summed E-state index contributed by atoms with van der Waals surface area (Å²) >= 11 is 0. The largest absolute Gasteiger partial charge is 0.462 e. The van der Waals surface area contributed by atoms with Crippen molar-refractivity contribution >= 4 is 6.47 Å². The van der Waals surface area contributed by atoms with E-state index in [-0.39, 0.29) is 5.60 Å². The summed E-state index contributed by atoms with van der Waals surface area (Å²) < 4.78 is 4.55. The molecule has 98 valence electrons. The lowest BCUT2D eigenvalue weighted by molar-refractivity contribution is -0.138. The molecule has 1 N–H and O–H groups in total. The van der Waals surface area contributed by atoms with Crippen molar-refractivity contribution in [3.63, 3.8) is 0 Å². The van der Waals surface area contributed by atoms with Crippen molar-refractivity contribution in [3.05, 3.63) is 0 Å². The molecular formula is C13H24N2O2. The van der Waals surface area contributed by atoms with Gasteiger partial charge in [-0.15, -0.1) is 5.92 Å². The highest BCUT2D eigenvalue weighted by molar-refractivity contribution is 5.37. The molecule has 4 nitrogen and oxygen atoms in total. The lowest BCUT2D eigenvalue weighted by Crippen LogP contribution is -2.43. The predicted molar refractivity (Wildman–Crippen MR) is 69.7 cm³/mol. The van der Waals surface area contributed by atoms with Gasteiger partial charge < -0.3 is 10.1 Å². The smallest absolute Gasteiger partial charge is 0.293 e. The number of piperazine rings is 1. The van der Waals surface area contributed by atoms with Gasteiger partial charge in [-0.2, -0.15) is 0 Å². The molecule has 1 heterocycles. The minimum absolute atomic E-state index is 0.318. The molecule has 0 aromatic rings. The fraction of sp³-hybridized carbons (Fsp3) is 0.769. The maximum Gasteiger partial charge on any atom is 0.293 e. The summed E-state index contributed by atoms with van der Waals surface area (Å²) in [5, 5.41) is 3.30. The van der Waals surface area contributed by atoms with Crippen molar-refractivity contribution in [1.29, 1.82) is 0 Å². The second kappa shape index (κ2) is 9.03. The maximum absolute atomic E-state index is 9.60. The van der Waals surface area contributed by atoms with Gasteiger partial charge in [0.1, 0.15) is 5.60 Å². The van der Waals surface area contributed by atoms with Crippen LogP contribution in [0.4, 0.5) is 0 Å². The van der Waals surface area contributed by atoms with Crippen LogP contribution in [0.25, 0.3) is 0 Å². The molecule has 0 atom stereocenters. The number of carbonyl (C=O) groups excluding carboxylic acids is 1. The summed E-state index contributed by atoms with van der Waals surface area (Å²) in [6.45, 7) is 13.3. The maximum atomic E-state index is 9.60. The SMILES string of the molecule is CC#CCN1CCNCC1.CC(C)(C)OC=O. The van der Waals surface area contributed by atoms with Gasteiger partial charge in [-0.3, -0.25) is 9.69 Å². The van der Waals surface area contributed by atoms with Crippen LogP contribution in [0.2, 0.25) is 0 Å². The minimum atomic E-state index is -0.318. The topological polar surface area (TPSA) is 41.6 Å². The quantitative estimate of drug-likeness (QED) is 0.574. The summed E-state index contributed by atoms with van der Waals surface area (Å²) in [6.07, 6.45) is 0. The molecule has 0 amide bonds. The molecule has 0 bridgehead atoms. The molecule has 1 fully saturated rings. The van der Waals surface area contributed by atoms with Gasteiger partial charge in [-0.25, -0.2) is 0 Å². The van der Waals surface area contributed by atoms with Crippen LogP contribution in [-0.2, 0) is 9.53 Å². The molecule has 1 saturated heterocycles. The van der Waals surface area contributed by atoms with E-state index >= 15 is 0 Å². The standard InChI is InChI=1S/C8H14N2.C5H10O2/c1-2-3-6-10-7-4-9-5-8-10;1-5(2,3)7-4-6/h9H,4-8H2,1H3;4H,1-3H3. The van der Waals surface area contributed by atoms with Crippen LogP contribution in [0, 0.1) is 11.8 Å². The third kappa shape index (κ3) is 11.2. The summed E-state index contributed by atoms with van der Waals surface area (Å²) in [5.41, 5.74) is -0.318. The first-order valence-electron chi connectivity index (χ1n) is 5.93. The van der Waals surface area contributed by atoms with Crippen LogP contribution in [0.3, 0.4) is 0 Å². The molecule has 0 aromatic carbocycles. The van der Waals surface area contributed by atoms with Crippen molar-refractivity contribution < 1.29 is 9.53 Å². The number of nitrogens with one attached hydrogen (secondary N) is 1. The molecule has 4 heteroatoms. The highest BCUT2D eigenvalue weighted by atomic mass is 16.5. The van der Waals surface area contributed by atoms with Gasteiger partial charge in [0.05, 0.1) is 6.54 Å². The number of hydrogen-bond acceptors (Lipinski definition) is 4. The highest BCUT2D eigenvalue weighted by Crippen LogP contribution is 2.02. The first-order valence-corrected chi connectivity index (χ1v) is 5.93. The van der Waals surface area contributed by atoms with Crippen LogP contribution in [0.5, 0.6) is 0 Å². The van der Waals surface area contributed by atoms with E-state index < -0.39 is 0 Å². The minimum Gasteiger partial charge on any atom is -0.462 e. The van der Waals surface area contributed by atoms with Gasteiger partial charge in [-0.05, 0) is 27.7 Å². The Kier molecular flexibility index (Phi) is 8.47. The average Bonchev–Trinajstić information content (AvgIpc) is 2.27. The second-order valence-corrected chi connectivity index (χ2v) is 4.78. The van der Waals surface area contributed by atoms with Gasteiger partial charge in [0.25, 0.3) is 6.47 Å². The normalized spacial score (nSPS) is 16.0. The zero-order valence-electron chi connectivity index (χ0n) is 11.4. The van der Waals surface area contributed by atoms with Crippen LogP contribution in [0.15, 0.2) is 0 Å². The van der Waals surface area contributed by atoms with Gasteiger partial charge in [-0.1, -0.05) is 5.92 Å². The molecule has 1 rings (SSSR count). The molecule has 17 heavy (non-hydrogen) atoms. The average molecular weight is 240 g/mol. The van der Waals surface area contributed by atoms with E-state index in [0.29, 0.717) is 6.47 Å². The number of ether oxygens (including phenoxy) is 1. The molecule has 1 aliphatic rings. The van der Waals surface area contributed by atoms with E-state index in [4.69, 9.17) is 0 Å². The van der Waals surface area contributed by atoms with Gasteiger partial charge in [0.15, 0.2) is 0 Å². The van der Waals surface area contributed by atoms with Crippen LogP contribution < -0.4 is 5.32 Å². The molecule has 0 spiro atoms. The Morgan fingerprint density at radius 1 is 1.35 bits per heavy atom. The van der Waals surface area contributed by atoms with E-state index in [9.17, 15) is 4.79 Å². The summed E-state index contributed by atoms with van der Waals surface area (Å²) in [7, 11) is 0. The van der Waals surface area contributed by atoms with E-state index in [1.54, 1.807) is 0 Å². The van der Waals surface area contributed by atoms with Crippen molar-refractivity contribution in [2.75, 3.05) is 32.7 Å². The predicted octanol–water partition coefficient (Wildman–Crippen LogP) is 0.873. The zero-order valence-corrected chi connectivity index (χ0v) is 11.4. The van der Waals surface area contributed by atoms with Gasteiger partial charge in [0.2, 0.25) is 0 Å². The Bertz CT molecular complexity index is 255. The molecule has 0 aliphatic carbocycles. The third-order valence-electron chi connectivity index (χ3n) is 2.09. The fourth-order valence-corrected chi connectivity index (χ4v) is 1.20. The fourth-order valence-electron chi connectivity index (χ4n) is 1.20. The van der Waals surface area contributed by atoms with E-state index in [1.165, 1.54) is 0 Å². The van der Waals surface area contributed by atoms with Gasteiger partial charge >= 0.3 is 0 Å². The van der Waals surface area contributed by atoms with Crippen molar-refractivity contribution in [1.82, 2.24) is 10.2 Å². The molecule has 0 saturated carbocycles. The Balaban J connectivity index is 0.000000325. The number of nitrogens with zero attached hydrogens (tertiary/aromatic N) is 1. The van der Waals surface area contributed by atoms with Crippen LogP contribution >= 0.6 is 0 Å². The number of hydrogen-bond donors (Lipinski definition) is 1. The zero-order chi connectivity index (χ0) is 13.1. The first-order chi connectivity index (χ1) is 7.99. The Morgan fingerprint density at radius 2 is 1.94 bits per heavy atom. The van der Waals surface area contributed by atoms with E-state index in [0.717, 1.165) is 32.7 Å². The van der Waals surface area contributed by atoms with Crippen molar-refractivity contribution in [2.24, 2.45) is 0 Å². The van der Waals surface area contributed by atoms with Crippen LogP contribution in [-0.4, -0.2) is 49.7 Å². The Labute approximate surface area is 105 Å². The molecule has 1 aliphatic heterocycles. The molecule has 0 unspecified atom stereocenters. The van der Waals surface area contributed by atoms with Gasteiger partial charge in [0, 0.05) is 26.2 Å².